The number of carbonyl (C=O) groups excluding carboxylic acids is 1. The summed E-state index contributed by atoms with van der Waals surface area (Å²) in [5.74, 6) is -0.852. The van der Waals surface area contributed by atoms with Gasteiger partial charge in [-0.15, -0.1) is 0 Å². The quantitative estimate of drug-likeness (QED) is 0.760. The molecular weight excluding hydrogens is 236 g/mol. The molecule has 1 aliphatic heterocycles. The first-order valence-electron chi connectivity index (χ1n) is 5.54. The summed E-state index contributed by atoms with van der Waals surface area (Å²) < 4.78 is 0. The maximum atomic E-state index is 11.8. The van der Waals surface area contributed by atoms with E-state index in [1.165, 1.54) is 12.4 Å². The largest absolute Gasteiger partial charge is 0.476 e. The van der Waals surface area contributed by atoms with Crippen LogP contribution in [0.15, 0.2) is 12.4 Å². The Bertz CT molecular complexity index is 501. The van der Waals surface area contributed by atoms with Crippen molar-refractivity contribution in [3.05, 3.63) is 18.1 Å². The number of hydrogen-bond donors (Lipinski definition) is 2. The minimum absolute atomic E-state index is 0.115. The molecule has 2 N–H and O–H groups in total. The number of rotatable bonds is 2. The Morgan fingerprint density at radius 2 is 2.22 bits per heavy atom. The molecule has 2 heterocycles. The van der Waals surface area contributed by atoms with Crippen molar-refractivity contribution in [3.8, 4) is 0 Å². The second-order valence-electron chi connectivity index (χ2n) is 4.53. The predicted octanol–water partition coefficient (Wildman–Crippen LogP) is -0.110. The summed E-state index contributed by atoms with van der Waals surface area (Å²) in [5.41, 5.74) is -0.904. The maximum Gasteiger partial charge on any atom is 0.356 e. The predicted molar refractivity (Wildman–Crippen MR) is 63.4 cm³/mol. The molecule has 7 heteroatoms. The van der Waals surface area contributed by atoms with Crippen LogP contribution in [-0.4, -0.2) is 45.6 Å². The number of nitrogens with one attached hydrogen (secondary N) is 1. The van der Waals surface area contributed by atoms with E-state index in [0.29, 0.717) is 18.9 Å². The van der Waals surface area contributed by atoms with Crippen LogP contribution in [0.5, 0.6) is 0 Å². The third-order valence-electron chi connectivity index (χ3n) is 2.97. The van der Waals surface area contributed by atoms with Crippen molar-refractivity contribution in [1.29, 1.82) is 0 Å². The first-order valence-corrected chi connectivity index (χ1v) is 5.54. The molecular formula is C11H14N4O3. The van der Waals surface area contributed by atoms with Gasteiger partial charge in [0.05, 0.1) is 12.4 Å². The number of carboxylic acids is 1. The second-order valence-corrected chi connectivity index (χ2v) is 4.53. The lowest BCUT2D eigenvalue weighted by Crippen LogP contribution is -2.62. The molecule has 0 aromatic carbocycles. The first-order chi connectivity index (χ1) is 8.43. The van der Waals surface area contributed by atoms with E-state index in [1.807, 2.05) is 0 Å². The molecule has 0 aliphatic carbocycles. The number of amides is 1. The van der Waals surface area contributed by atoms with Gasteiger partial charge in [0.1, 0.15) is 11.4 Å². The van der Waals surface area contributed by atoms with Gasteiger partial charge in [0.25, 0.3) is 0 Å². The number of nitrogens with zero attached hydrogens (tertiary/aromatic N) is 3. The SMILES string of the molecule is CC1(C)C(=O)NCCN1c1cncc(C(=O)O)n1. The summed E-state index contributed by atoms with van der Waals surface area (Å²) in [5, 5.41) is 11.7. The van der Waals surface area contributed by atoms with Crippen LogP contribution in [0.3, 0.4) is 0 Å². The minimum Gasteiger partial charge on any atom is -0.476 e. The molecule has 2 rings (SSSR count). The molecule has 1 fully saturated rings. The molecule has 1 aliphatic rings. The number of piperazine rings is 1. The molecule has 1 aromatic heterocycles. The Balaban J connectivity index is 2.38. The van der Waals surface area contributed by atoms with Crippen LogP contribution in [0.1, 0.15) is 24.3 Å². The molecule has 1 aromatic rings. The summed E-state index contributed by atoms with van der Waals surface area (Å²) in [6, 6.07) is 0. The third-order valence-corrected chi connectivity index (χ3v) is 2.97. The fourth-order valence-electron chi connectivity index (χ4n) is 1.89. The Morgan fingerprint density at radius 1 is 1.50 bits per heavy atom. The fourth-order valence-corrected chi connectivity index (χ4v) is 1.89. The Morgan fingerprint density at radius 3 is 2.89 bits per heavy atom. The smallest absolute Gasteiger partial charge is 0.356 e. The Hall–Kier alpha value is -2.18. The molecule has 0 spiro atoms. The fraction of sp³-hybridized carbons (Fsp3) is 0.455. The van der Waals surface area contributed by atoms with Gasteiger partial charge in [-0.2, -0.15) is 0 Å². The van der Waals surface area contributed by atoms with E-state index < -0.39 is 11.5 Å². The molecule has 0 saturated carbocycles. The summed E-state index contributed by atoms with van der Waals surface area (Å²) in [4.78, 5) is 32.3. The van der Waals surface area contributed by atoms with E-state index in [1.54, 1.807) is 18.7 Å². The normalized spacial score (nSPS) is 18.3. The molecule has 18 heavy (non-hydrogen) atoms. The number of carbonyl (C=O) groups is 2. The van der Waals surface area contributed by atoms with Crippen LogP contribution in [0.2, 0.25) is 0 Å². The number of hydrogen-bond acceptors (Lipinski definition) is 5. The van der Waals surface area contributed by atoms with Crippen LogP contribution >= 0.6 is 0 Å². The van der Waals surface area contributed by atoms with E-state index in [2.05, 4.69) is 15.3 Å². The zero-order valence-corrected chi connectivity index (χ0v) is 10.2. The molecule has 96 valence electrons. The van der Waals surface area contributed by atoms with E-state index in [9.17, 15) is 9.59 Å². The van der Waals surface area contributed by atoms with Crippen LogP contribution in [0, 0.1) is 0 Å². The Kier molecular flexibility index (Phi) is 2.90. The highest BCUT2D eigenvalue weighted by Gasteiger charge is 2.38. The average molecular weight is 250 g/mol. The molecule has 0 atom stereocenters. The van der Waals surface area contributed by atoms with Crippen LogP contribution in [0.25, 0.3) is 0 Å². The van der Waals surface area contributed by atoms with E-state index in [0.717, 1.165) is 0 Å². The van der Waals surface area contributed by atoms with Gasteiger partial charge in [0, 0.05) is 13.1 Å². The van der Waals surface area contributed by atoms with Gasteiger partial charge >= 0.3 is 5.97 Å². The van der Waals surface area contributed by atoms with Crippen LogP contribution in [-0.2, 0) is 4.79 Å². The van der Waals surface area contributed by atoms with E-state index >= 15 is 0 Å². The van der Waals surface area contributed by atoms with Gasteiger partial charge in [-0.1, -0.05) is 0 Å². The lowest BCUT2D eigenvalue weighted by Gasteiger charge is -2.41. The standard InChI is InChI=1S/C11H14N4O3/c1-11(2)10(18)13-3-4-15(11)8-6-12-5-7(14-8)9(16)17/h5-6H,3-4H2,1-2H3,(H,13,18)(H,16,17). The van der Waals surface area contributed by atoms with Gasteiger partial charge in [-0.3, -0.25) is 9.78 Å². The summed E-state index contributed by atoms with van der Waals surface area (Å²) in [6.07, 6.45) is 2.65. The zero-order chi connectivity index (χ0) is 13.3. The van der Waals surface area contributed by atoms with Crippen LogP contribution < -0.4 is 10.2 Å². The Labute approximate surface area is 104 Å². The van der Waals surface area contributed by atoms with Gasteiger partial charge in [0.2, 0.25) is 5.91 Å². The molecule has 0 unspecified atom stereocenters. The minimum atomic E-state index is -1.14. The number of aromatic carboxylic acids is 1. The average Bonchev–Trinajstić information content (AvgIpc) is 2.32. The van der Waals surface area contributed by atoms with Crippen molar-refractivity contribution >= 4 is 17.7 Å². The first kappa shape index (κ1) is 12.3. The van der Waals surface area contributed by atoms with Crippen molar-refractivity contribution in [1.82, 2.24) is 15.3 Å². The highest BCUT2D eigenvalue weighted by atomic mass is 16.4. The molecule has 1 saturated heterocycles. The molecule has 1 amide bonds. The van der Waals surface area contributed by atoms with Gasteiger partial charge in [0.15, 0.2) is 5.69 Å². The number of carboxylic acid groups (broad SMARTS) is 1. The topological polar surface area (TPSA) is 95.4 Å². The highest BCUT2D eigenvalue weighted by Crippen LogP contribution is 2.23. The van der Waals surface area contributed by atoms with Crippen molar-refractivity contribution in [2.45, 2.75) is 19.4 Å². The van der Waals surface area contributed by atoms with Gasteiger partial charge in [-0.25, -0.2) is 9.78 Å². The van der Waals surface area contributed by atoms with Gasteiger partial charge in [-0.05, 0) is 13.8 Å². The third kappa shape index (κ3) is 1.99. The lowest BCUT2D eigenvalue weighted by molar-refractivity contribution is -0.126. The van der Waals surface area contributed by atoms with Crippen molar-refractivity contribution in [2.24, 2.45) is 0 Å². The monoisotopic (exact) mass is 250 g/mol. The van der Waals surface area contributed by atoms with Crippen molar-refractivity contribution < 1.29 is 14.7 Å². The molecule has 0 bridgehead atoms. The van der Waals surface area contributed by atoms with E-state index in [-0.39, 0.29) is 11.6 Å². The zero-order valence-electron chi connectivity index (χ0n) is 10.2. The second kappa shape index (κ2) is 4.25. The molecule has 7 nitrogen and oxygen atoms in total. The highest BCUT2D eigenvalue weighted by molar-refractivity contribution is 5.90. The molecule has 0 radical (unpaired) electrons. The lowest BCUT2D eigenvalue weighted by atomic mass is 9.99. The maximum absolute atomic E-state index is 11.8. The summed E-state index contributed by atoms with van der Waals surface area (Å²) in [6.45, 7) is 4.59. The van der Waals surface area contributed by atoms with Crippen molar-refractivity contribution in [3.63, 3.8) is 0 Å². The number of anilines is 1. The van der Waals surface area contributed by atoms with E-state index in [4.69, 9.17) is 5.11 Å². The summed E-state index contributed by atoms with van der Waals surface area (Å²) >= 11 is 0. The van der Waals surface area contributed by atoms with Crippen LogP contribution in [0.4, 0.5) is 5.82 Å². The van der Waals surface area contributed by atoms with Gasteiger partial charge < -0.3 is 15.3 Å². The van der Waals surface area contributed by atoms with Crippen molar-refractivity contribution in [2.75, 3.05) is 18.0 Å². The summed E-state index contributed by atoms with van der Waals surface area (Å²) in [7, 11) is 0. The number of aromatic nitrogens is 2.